The molecule has 4 aromatic rings. The molecule has 2 aliphatic carbocycles. The summed E-state index contributed by atoms with van der Waals surface area (Å²) in [5, 5.41) is 0. The summed E-state index contributed by atoms with van der Waals surface area (Å²) in [4.78, 5) is 20.7. The first-order valence-corrected chi connectivity index (χ1v) is 15.1. The van der Waals surface area contributed by atoms with E-state index in [1.165, 1.54) is 30.1 Å². The van der Waals surface area contributed by atoms with Crippen molar-refractivity contribution in [3.05, 3.63) is 114 Å². The maximum atomic E-state index is 15.0. The van der Waals surface area contributed by atoms with Gasteiger partial charge in [-0.05, 0) is 72.2 Å². The van der Waals surface area contributed by atoms with Gasteiger partial charge in [0.05, 0.1) is 6.54 Å². The number of aryl methyl sites for hydroxylation is 1. The molecule has 5 nitrogen and oxygen atoms in total. The van der Waals surface area contributed by atoms with Gasteiger partial charge in [-0.25, -0.2) is 18.2 Å². The summed E-state index contributed by atoms with van der Waals surface area (Å²) < 4.78 is 48.9. The summed E-state index contributed by atoms with van der Waals surface area (Å²) in [5.74, 6) is -2.72. The van der Waals surface area contributed by atoms with Gasteiger partial charge in [0.15, 0.2) is 0 Å². The van der Waals surface area contributed by atoms with Gasteiger partial charge in [-0.2, -0.15) is 0 Å². The van der Waals surface area contributed by atoms with Crippen molar-refractivity contribution in [2.45, 2.75) is 62.4 Å². The van der Waals surface area contributed by atoms with Crippen LogP contribution in [0.15, 0.2) is 90.1 Å². The van der Waals surface area contributed by atoms with Gasteiger partial charge >= 0.3 is 0 Å². The zero-order valence-electron chi connectivity index (χ0n) is 23.9. The van der Waals surface area contributed by atoms with Crippen LogP contribution in [-0.2, 0) is 24.3 Å². The molecular formula is C33H35F3N4OS. The van der Waals surface area contributed by atoms with Gasteiger partial charge in [0.25, 0.3) is 5.92 Å². The zero-order chi connectivity index (χ0) is 29.9. The lowest BCUT2D eigenvalue weighted by atomic mass is 9.85. The third kappa shape index (κ3) is 6.42. The number of alkyl halides is 2. The third-order valence-corrected chi connectivity index (χ3v) is 8.69. The van der Waals surface area contributed by atoms with E-state index in [1.54, 1.807) is 35.4 Å². The van der Waals surface area contributed by atoms with Crippen LogP contribution >= 0.6 is 11.9 Å². The van der Waals surface area contributed by atoms with E-state index in [0.717, 1.165) is 12.0 Å². The number of hydrogen-bond acceptors (Lipinski definition) is 4. The number of aromatic nitrogens is 2. The lowest BCUT2D eigenvalue weighted by Gasteiger charge is -2.33. The minimum atomic E-state index is -2.97. The molecule has 0 radical (unpaired) electrons. The first-order valence-electron chi connectivity index (χ1n) is 14.3. The highest BCUT2D eigenvalue weighted by molar-refractivity contribution is 7.97. The van der Waals surface area contributed by atoms with Gasteiger partial charge in [0, 0.05) is 54.0 Å². The molecule has 1 saturated carbocycles. The molecule has 6 rings (SSSR count). The number of amides is 1. The van der Waals surface area contributed by atoms with Crippen molar-refractivity contribution in [1.29, 1.82) is 0 Å². The molecule has 0 bridgehead atoms. The number of hydrogen-bond donors (Lipinski definition) is 1. The first kappa shape index (κ1) is 29.9. The number of rotatable bonds is 8. The van der Waals surface area contributed by atoms with E-state index in [4.69, 9.17) is 0 Å². The molecule has 2 aliphatic rings. The predicted octanol–water partition coefficient (Wildman–Crippen LogP) is 8.15. The Morgan fingerprint density at radius 1 is 1.10 bits per heavy atom. The second-order valence-electron chi connectivity index (χ2n) is 10.5. The van der Waals surface area contributed by atoms with Crippen molar-refractivity contribution in [1.82, 2.24) is 14.3 Å². The summed E-state index contributed by atoms with van der Waals surface area (Å²) in [5.41, 5.74) is 2.09. The maximum Gasteiger partial charge on any atom is 0.273 e. The summed E-state index contributed by atoms with van der Waals surface area (Å²) in [6, 6.07) is 20.5. The predicted molar refractivity (Wildman–Crippen MR) is 161 cm³/mol. The van der Waals surface area contributed by atoms with Crippen LogP contribution in [0, 0.1) is 11.7 Å². The molecule has 3 unspecified atom stereocenters. The average Bonchev–Trinajstić information content (AvgIpc) is 3.71. The smallest absolute Gasteiger partial charge is 0.273 e. The second kappa shape index (κ2) is 12.8. The Morgan fingerprint density at radius 2 is 1.88 bits per heavy atom. The topological polar surface area (TPSA) is 50.2 Å². The molecule has 1 N–H and O–H groups in total. The molecule has 1 aromatic heterocycles. The number of halogens is 3. The van der Waals surface area contributed by atoms with Crippen LogP contribution in [0.25, 0.3) is 0 Å². The van der Waals surface area contributed by atoms with Crippen LogP contribution in [0.3, 0.4) is 0 Å². The van der Waals surface area contributed by atoms with Gasteiger partial charge in [-0.15, -0.1) is 0 Å². The average molecular weight is 593 g/mol. The minimum Gasteiger partial charge on any atom is -0.337 e. The monoisotopic (exact) mass is 592 g/mol. The van der Waals surface area contributed by atoms with Crippen molar-refractivity contribution in [2.75, 3.05) is 4.90 Å². The number of nitrogens with zero attached hydrogens (tertiary/aromatic N) is 3. The number of benzene rings is 3. The Labute approximate surface area is 249 Å². The number of nitrogens with one attached hydrogen (secondary N) is 1. The molecule has 0 aliphatic heterocycles. The Morgan fingerprint density at radius 3 is 2.60 bits per heavy atom. The van der Waals surface area contributed by atoms with E-state index >= 15 is 8.78 Å². The zero-order valence-corrected chi connectivity index (χ0v) is 24.8. The normalized spacial score (nSPS) is 20.2. The summed E-state index contributed by atoms with van der Waals surface area (Å²) >= 11 is 1.22. The number of imidazole rings is 1. The molecule has 3 atom stereocenters. The molecule has 1 amide bonds. The van der Waals surface area contributed by atoms with Crippen molar-refractivity contribution in [3.8, 4) is 0 Å². The van der Waals surface area contributed by atoms with Crippen LogP contribution in [0.4, 0.5) is 18.9 Å². The Kier molecular flexibility index (Phi) is 9.08. The molecule has 0 spiro atoms. The largest absolute Gasteiger partial charge is 0.337 e. The van der Waals surface area contributed by atoms with Gasteiger partial charge in [0.2, 0.25) is 5.91 Å². The van der Waals surface area contributed by atoms with Gasteiger partial charge < -0.3 is 9.47 Å². The van der Waals surface area contributed by atoms with E-state index < -0.39 is 12.0 Å². The van der Waals surface area contributed by atoms with Crippen molar-refractivity contribution in [2.24, 2.45) is 13.0 Å². The number of fused-ring (bicyclic) bond motifs is 1. The second-order valence-corrected chi connectivity index (χ2v) is 11.4. The highest BCUT2D eigenvalue weighted by Crippen LogP contribution is 2.50. The summed E-state index contributed by atoms with van der Waals surface area (Å²) in [7, 11) is 1.87. The number of carbonyl (C=O) groups is 1. The lowest BCUT2D eigenvalue weighted by molar-refractivity contribution is -0.120. The molecular weight excluding hydrogens is 557 g/mol. The van der Waals surface area contributed by atoms with E-state index in [-0.39, 0.29) is 48.5 Å². The Balaban J connectivity index is 0.00000173. The standard InChI is InChI=1S/C31H29F3N4OS.C2H6/c1-37-15-14-35-29(37)19-38(30(39)25-18-24(25)20-6-3-2-4-7-20)22-10-11-27-26(17-22)28(12-13-31(27,33)34)36-40-23-9-5-8-21(32)16-23;1-2/h2-11,14-17,24-25,28,36H,12-13,18-19H2,1H3;1-2H3. The highest BCUT2D eigenvalue weighted by Gasteiger charge is 2.47. The van der Waals surface area contributed by atoms with Crippen LogP contribution in [-0.4, -0.2) is 15.5 Å². The molecule has 1 fully saturated rings. The van der Waals surface area contributed by atoms with Crippen molar-refractivity contribution in [3.63, 3.8) is 0 Å². The first-order chi connectivity index (χ1) is 20.3. The minimum absolute atomic E-state index is 0.0435. The molecule has 0 saturated heterocycles. The van der Waals surface area contributed by atoms with Crippen LogP contribution in [0.5, 0.6) is 0 Å². The third-order valence-electron chi connectivity index (χ3n) is 7.80. The SMILES string of the molecule is CC.Cn1ccnc1CN(C(=O)C1CC1c1ccccc1)c1ccc2c(c1)C(NSc1cccc(F)c1)CCC2(F)F. The number of anilines is 1. The van der Waals surface area contributed by atoms with E-state index in [1.807, 2.05) is 62.0 Å². The Bertz CT molecular complexity index is 1530. The quantitative estimate of drug-likeness (QED) is 0.210. The van der Waals surface area contributed by atoms with Crippen LogP contribution < -0.4 is 9.62 Å². The summed E-state index contributed by atoms with van der Waals surface area (Å²) in [6.45, 7) is 4.23. The lowest BCUT2D eigenvalue weighted by Crippen LogP contribution is -2.34. The van der Waals surface area contributed by atoms with Gasteiger partial charge in [0.1, 0.15) is 11.6 Å². The van der Waals surface area contributed by atoms with Crippen LogP contribution in [0.2, 0.25) is 0 Å². The van der Waals surface area contributed by atoms with Crippen molar-refractivity contribution >= 4 is 23.5 Å². The van der Waals surface area contributed by atoms with Gasteiger partial charge in [-0.1, -0.05) is 56.3 Å². The number of carbonyl (C=O) groups excluding carboxylic acids is 1. The van der Waals surface area contributed by atoms with Gasteiger partial charge in [-0.3, -0.25) is 9.52 Å². The highest BCUT2D eigenvalue weighted by atomic mass is 32.2. The fourth-order valence-electron chi connectivity index (χ4n) is 5.47. The van der Waals surface area contributed by atoms with Crippen LogP contribution in [0.1, 0.15) is 67.6 Å². The molecule has 1 heterocycles. The Hall–Kier alpha value is -3.56. The summed E-state index contributed by atoms with van der Waals surface area (Å²) in [6.07, 6.45) is 4.16. The van der Waals surface area contributed by atoms with E-state index in [9.17, 15) is 9.18 Å². The molecule has 3 aromatic carbocycles. The molecule has 220 valence electrons. The molecule has 9 heteroatoms. The maximum absolute atomic E-state index is 15.0. The fraction of sp³-hybridized carbons (Fsp3) is 0.333. The fourth-order valence-corrected chi connectivity index (χ4v) is 6.31. The van der Waals surface area contributed by atoms with E-state index in [0.29, 0.717) is 22.0 Å². The van der Waals surface area contributed by atoms with Crippen molar-refractivity contribution < 1.29 is 18.0 Å². The molecule has 42 heavy (non-hydrogen) atoms. The van der Waals surface area contributed by atoms with E-state index in [2.05, 4.69) is 9.71 Å².